The van der Waals surface area contributed by atoms with Crippen LogP contribution in [0.25, 0.3) is 0 Å². The molecule has 2 fully saturated rings. The van der Waals surface area contributed by atoms with E-state index in [1.165, 1.54) is 8.61 Å². The Morgan fingerprint density at radius 3 is 2.57 bits per heavy atom. The number of fused-ring (bicyclic) bond motifs is 1. The molecule has 1 aromatic heterocycles. The maximum atomic E-state index is 13.5. The van der Waals surface area contributed by atoms with Crippen LogP contribution in [0.15, 0.2) is 6.07 Å². The van der Waals surface area contributed by atoms with Gasteiger partial charge in [-0.05, 0) is 32.1 Å². The van der Waals surface area contributed by atoms with E-state index in [4.69, 9.17) is 0 Å². The Hall–Kier alpha value is -1.33. The third-order valence-corrected chi connectivity index (χ3v) is 8.07. The van der Waals surface area contributed by atoms with Crippen molar-refractivity contribution >= 4 is 16.0 Å². The molecule has 0 aromatic carbocycles. The molecule has 4 heterocycles. The molecule has 3 aliphatic rings. The average molecular weight is 421 g/mol. The summed E-state index contributed by atoms with van der Waals surface area (Å²) in [5.74, 6) is 0.183. The van der Waals surface area contributed by atoms with Gasteiger partial charge in [-0.15, -0.1) is 0 Å². The highest BCUT2D eigenvalue weighted by Crippen LogP contribution is 2.41. The predicted molar refractivity (Wildman–Crippen MR) is 98.3 cm³/mol. The van der Waals surface area contributed by atoms with Gasteiger partial charge >= 0.3 is 6.18 Å². The normalized spacial score (nSPS) is 29.8. The summed E-state index contributed by atoms with van der Waals surface area (Å²) in [5, 5.41) is 7.40. The van der Waals surface area contributed by atoms with E-state index in [1.807, 2.05) is 6.92 Å². The van der Waals surface area contributed by atoms with Gasteiger partial charge in [0.2, 0.25) is 0 Å². The van der Waals surface area contributed by atoms with Crippen molar-refractivity contribution in [2.75, 3.05) is 31.5 Å². The number of nitrogens with one attached hydrogen (secondary N) is 1. The summed E-state index contributed by atoms with van der Waals surface area (Å²) >= 11 is 0. The second-order valence-electron chi connectivity index (χ2n) is 7.90. The highest BCUT2D eigenvalue weighted by Gasteiger charge is 2.46. The first kappa shape index (κ1) is 20.0. The molecular formula is C17H26F3N5O2S. The summed E-state index contributed by atoms with van der Waals surface area (Å²) in [6.45, 7) is 3.58. The van der Waals surface area contributed by atoms with Gasteiger partial charge in [0.1, 0.15) is 5.82 Å². The lowest BCUT2D eigenvalue weighted by atomic mass is 10.0. The molecule has 0 amide bonds. The minimum atomic E-state index is -4.37. The lowest BCUT2D eigenvalue weighted by Crippen LogP contribution is -2.41. The van der Waals surface area contributed by atoms with Crippen molar-refractivity contribution in [1.82, 2.24) is 18.4 Å². The van der Waals surface area contributed by atoms with Crippen molar-refractivity contribution in [3.8, 4) is 0 Å². The van der Waals surface area contributed by atoms with E-state index >= 15 is 0 Å². The molecule has 0 radical (unpaired) electrons. The highest BCUT2D eigenvalue weighted by atomic mass is 32.2. The fourth-order valence-corrected chi connectivity index (χ4v) is 6.15. The van der Waals surface area contributed by atoms with Gasteiger partial charge in [0.25, 0.3) is 10.2 Å². The highest BCUT2D eigenvalue weighted by molar-refractivity contribution is 7.86. The first-order valence-corrected chi connectivity index (χ1v) is 11.3. The molecule has 7 nitrogen and oxygen atoms in total. The number of halogens is 3. The smallest absolute Gasteiger partial charge is 0.367 e. The second kappa shape index (κ2) is 7.17. The van der Waals surface area contributed by atoms with Crippen LogP contribution in [0, 0.1) is 0 Å². The number of hydrogen-bond acceptors (Lipinski definition) is 4. The summed E-state index contributed by atoms with van der Waals surface area (Å²) in [5.41, 5.74) is 0.535. The van der Waals surface area contributed by atoms with E-state index < -0.39 is 22.4 Å². The monoisotopic (exact) mass is 421 g/mol. The number of alkyl halides is 3. The summed E-state index contributed by atoms with van der Waals surface area (Å²) in [7, 11) is -3.49. The van der Waals surface area contributed by atoms with Crippen LogP contribution >= 0.6 is 0 Å². The number of nitrogens with zero attached hydrogens (tertiary/aromatic N) is 4. The Bertz CT molecular complexity index is 819. The Kier molecular flexibility index (Phi) is 5.11. The number of aromatic nitrogens is 2. The van der Waals surface area contributed by atoms with E-state index in [0.29, 0.717) is 44.0 Å². The summed E-state index contributed by atoms with van der Waals surface area (Å²) in [4.78, 5) is 0. The molecular weight excluding hydrogens is 395 g/mol. The minimum absolute atomic E-state index is 0.0474. The van der Waals surface area contributed by atoms with Crippen LogP contribution in [-0.2, 0) is 10.2 Å². The quantitative estimate of drug-likeness (QED) is 0.812. The molecule has 0 aliphatic carbocycles. The zero-order valence-corrected chi connectivity index (χ0v) is 16.6. The van der Waals surface area contributed by atoms with E-state index in [0.717, 1.165) is 17.5 Å². The topological polar surface area (TPSA) is 70.5 Å². The van der Waals surface area contributed by atoms with Crippen molar-refractivity contribution in [2.45, 2.75) is 63.2 Å². The van der Waals surface area contributed by atoms with Crippen molar-refractivity contribution in [3.05, 3.63) is 11.8 Å². The fourth-order valence-electron chi connectivity index (χ4n) is 4.40. The largest absolute Gasteiger partial charge is 0.410 e. The van der Waals surface area contributed by atoms with Crippen molar-refractivity contribution in [3.63, 3.8) is 0 Å². The van der Waals surface area contributed by atoms with Gasteiger partial charge in [0.05, 0.1) is 5.69 Å². The van der Waals surface area contributed by atoms with E-state index in [1.54, 1.807) is 6.07 Å². The molecule has 3 atom stereocenters. The molecule has 0 saturated carbocycles. The molecule has 158 valence electrons. The van der Waals surface area contributed by atoms with Crippen LogP contribution in [0.4, 0.5) is 19.0 Å². The van der Waals surface area contributed by atoms with Crippen molar-refractivity contribution < 1.29 is 21.6 Å². The Morgan fingerprint density at radius 1 is 1.21 bits per heavy atom. The molecule has 4 rings (SSSR count). The lowest BCUT2D eigenvalue weighted by Gasteiger charge is -2.32. The summed E-state index contributed by atoms with van der Waals surface area (Å²) in [6, 6.07) is -0.232. The molecule has 3 aliphatic heterocycles. The van der Waals surface area contributed by atoms with Crippen LogP contribution in [0.1, 0.15) is 56.7 Å². The zero-order chi connectivity index (χ0) is 20.1. The maximum Gasteiger partial charge on any atom is 0.410 e. The van der Waals surface area contributed by atoms with E-state index in [-0.39, 0.29) is 24.9 Å². The lowest BCUT2D eigenvalue weighted by molar-refractivity contribution is -0.173. The van der Waals surface area contributed by atoms with Crippen LogP contribution < -0.4 is 5.32 Å². The van der Waals surface area contributed by atoms with E-state index in [9.17, 15) is 21.6 Å². The molecule has 0 spiro atoms. The third-order valence-electron chi connectivity index (χ3n) is 6.07. The SMILES string of the molecule is CC[C@@H]1C[C@H](C(F)(F)F)n2nc([C@@H]3CCN(S(=O)(=O)N4CCCC4)C3)cc2N1. The summed E-state index contributed by atoms with van der Waals surface area (Å²) in [6.07, 6.45) is -1.51. The first-order valence-electron chi connectivity index (χ1n) is 9.88. The van der Waals surface area contributed by atoms with Gasteiger partial charge in [0.15, 0.2) is 6.04 Å². The molecule has 28 heavy (non-hydrogen) atoms. The van der Waals surface area contributed by atoms with Crippen LogP contribution in [0.2, 0.25) is 0 Å². The molecule has 1 aromatic rings. The van der Waals surface area contributed by atoms with Gasteiger partial charge in [-0.2, -0.15) is 35.3 Å². The fraction of sp³-hybridized carbons (Fsp3) is 0.824. The van der Waals surface area contributed by atoms with Gasteiger partial charge in [0, 0.05) is 44.2 Å². The maximum absolute atomic E-state index is 13.5. The van der Waals surface area contributed by atoms with Gasteiger partial charge in [-0.1, -0.05) is 6.92 Å². The molecule has 2 saturated heterocycles. The third kappa shape index (κ3) is 3.52. The van der Waals surface area contributed by atoms with E-state index in [2.05, 4.69) is 10.4 Å². The average Bonchev–Trinajstić information content (AvgIpc) is 3.39. The van der Waals surface area contributed by atoms with Gasteiger partial charge < -0.3 is 5.32 Å². The van der Waals surface area contributed by atoms with Crippen molar-refractivity contribution in [1.29, 1.82) is 0 Å². The number of rotatable bonds is 4. The second-order valence-corrected chi connectivity index (χ2v) is 9.83. The first-order chi connectivity index (χ1) is 13.2. The standard InChI is InChI=1S/C17H26F3N5O2S/c1-2-13-9-15(17(18,19)20)25-16(21-13)10-14(22-25)12-5-8-24(11-12)28(26,27)23-6-3-4-7-23/h10,12-13,15,21H,2-9,11H2,1H3/t12-,13-,15-/m1/s1. The minimum Gasteiger partial charge on any atom is -0.367 e. The Labute approximate surface area is 163 Å². The molecule has 1 N–H and O–H groups in total. The predicted octanol–water partition coefficient (Wildman–Crippen LogP) is 2.71. The Balaban J connectivity index is 1.54. The Morgan fingerprint density at radius 2 is 1.93 bits per heavy atom. The van der Waals surface area contributed by atoms with Gasteiger partial charge in [-0.25, -0.2) is 4.68 Å². The number of hydrogen-bond donors (Lipinski definition) is 1. The van der Waals surface area contributed by atoms with Crippen LogP contribution in [0.3, 0.4) is 0 Å². The van der Waals surface area contributed by atoms with Gasteiger partial charge in [-0.3, -0.25) is 0 Å². The molecule has 11 heteroatoms. The summed E-state index contributed by atoms with van der Waals surface area (Å²) < 4.78 is 70.0. The number of anilines is 1. The molecule has 0 bridgehead atoms. The molecule has 0 unspecified atom stereocenters. The van der Waals surface area contributed by atoms with Crippen LogP contribution in [0.5, 0.6) is 0 Å². The zero-order valence-electron chi connectivity index (χ0n) is 15.8. The van der Waals surface area contributed by atoms with Crippen LogP contribution in [-0.4, -0.2) is 65.2 Å². The van der Waals surface area contributed by atoms with Crippen molar-refractivity contribution in [2.24, 2.45) is 0 Å².